The molecular formula is C9H18O4S. The quantitative estimate of drug-likeness (QED) is 0.670. The molecule has 5 heteroatoms. The molecule has 1 saturated carbocycles. The average molecular weight is 222 g/mol. The van der Waals surface area contributed by atoms with Crippen molar-refractivity contribution in [3.63, 3.8) is 0 Å². The molecule has 2 atom stereocenters. The zero-order valence-electron chi connectivity index (χ0n) is 9.11. The smallest absolute Gasteiger partial charge is 0.264 e. The molecule has 0 aromatic carbocycles. The van der Waals surface area contributed by atoms with E-state index < -0.39 is 10.1 Å². The zero-order valence-corrected chi connectivity index (χ0v) is 9.93. The highest BCUT2D eigenvalue weighted by Crippen LogP contribution is 2.45. The summed E-state index contributed by atoms with van der Waals surface area (Å²) in [5, 5.41) is 0. The molecule has 1 aliphatic rings. The SMILES string of the molecule is CCO[C@H]1C[C@@H](OS(C)(=O)=O)C1(C)C. The lowest BCUT2D eigenvalue weighted by atomic mass is 9.66. The molecule has 14 heavy (non-hydrogen) atoms. The van der Waals surface area contributed by atoms with Crippen LogP contribution in [0.25, 0.3) is 0 Å². The Hall–Kier alpha value is -0.130. The Bertz CT molecular complexity index is 294. The van der Waals surface area contributed by atoms with Gasteiger partial charge in [0.15, 0.2) is 0 Å². The minimum atomic E-state index is -3.35. The number of hydrogen-bond acceptors (Lipinski definition) is 4. The molecule has 0 aromatic heterocycles. The average Bonchev–Trinajstić information content (AvgIpc) is 2.01. The van der Waals surface area contributed by atoms with Crippen LogP contribution in [-0.4, -0.2) is 33.5 Å². The minimum Gasteiger partial charge on any atom is -0.378 e. The molecule has 0 spiro atoms. The van der Waals surface area contributed by atoms with Gasteiger partial charge in [0.2, 0.25) is 0 Å². The van der Waals surface area contributed by atoms with Gasteiger partial charge in [0, 0.05) is 18.4 Å². The first-order chi connectivity index (χ1) is 6.27. The van der Waals surface area contributed by atoms with E-state index in [0.717, 1.165) is 6.26 Å². The van der Waals surface area contributed by atoms with Crippen LogP contribution in [0.2, 0.25) is 0 Å². The standard InChI is InChI=1S/C9H18O4S/c1-5-12-7-6-8(9(7,2)3)13-14(4,10)11/h7-8H,5-6H2,1-4H3/t7-,8+/m0/s1. The molecule has 0 bridgehead atoms. The number of ether oxygens (including phenoxy) is 1. The second-order valence-electron chi connectivity index (χ2n) is 4.29. The third-order valence-electron chi connectivity index (χ3n) is 2.75. The molecule has 1 fully saturated rings. The summed E-state index contributed by atoms with van der Waals surface area (Å²) in [5.41, 5.74) is -0.209. The second-order valence-corrected chi connectivity index (χ2v) is 5.89. The maximum Gasteiger partial charge on any atom is 0.264 e. The van der Waals surface area contributed by atoms with Crippen molar-refractivity contribution in [2.75, 3.05) is 12.9 Å². The number of hydrogen-bond donors (Lipinski definition) is 0. The molecule has 84 valence electrons. The third kappa shape index (κ3) is 2.46. The van der Waals surface area contributed by atoms with Crippen LogP contribution in [0, 0.1) is 5.41 Å². The van der Waals surface area contributed by atoms with Crippen LogP contribution in [0.4, 0.5) is 0 Å². The van der Waals surface area contributed by atoms with E-state index in [1.807, 2.05) is 20.8 Å². The third-order valence-corrected chi connectivity index (χ3v) is 3.33. The van der Waals surface area contributed by atoms with Gasteiger partial charge < -0.3 is 4.74 Å². The first-order valence-corrected chi connectivity index (χ1v) is 6.59. The largest absolute Gasteiger partial charge is 0.378 e. The van der Waals surface area contributed by atoms with Gasteiger partial charge >= 0.3 is 0 Å². The fourth-order valence-corrected chi connectivity index (χ4v) is 2.46. The van der Waals surface area contributed by atoms with Gasteiger partial charge in [-0.2, -0.15) is 8.42 Å². The monoisotopic (exact) mass is 222 g/mol. The Labute approximate surface area is 85.7 Å². The van der Waals surface area contributed by atoms with E-state index in [1.165, 1.54) is 0 Å². The van der Waals surface area contributed by atoms with Crippen molar-refractivity contribution in [1.82, 2.24) is 0 Å². The summed E-state index contributed by atoms with van der Waals surface area (Å²) in [6.07, 6.45) is 1.61. The highest BCUT2D eigenvalue weighted by molar-refractivity contribution is 7.86. The molecular weight excluding hydrogens is 204 g/mol. The summed E-state index contributed by atoms with van der Waals surface area (Å²) in [6.45, 7) is 6.51. The van der Waals surface area contributed by atoms with E-state index in [2.05, 4.69) is 0 Å². The van der Waals surface area contributed by atoms with Crippen LogP contribution in [0.15, 0.2) is 0 Å². The summed E-state index contributed by atoms with van der Waals surface area (Å²) in [6, 6.07) is 0. The van der Waals surface area contributed by atoms with Crippen molar-refractivity contribution in [3.05, 3.63) is 0 Å². The number of rotatable bonds is 4. The van der Waals surface area contributed by atoms with Crippen LogP contribution < -0.4 is 0 Å². The van der Waals surface area contributed by atoms with Crippen molar-refractivity contribution in [2.45, 2.75) is 39.4 Å². The summed E-state index contributed by atoms with van der Waals surface area (Å²) in [4.78, 5) is 0. The van der Waals surface area contributed by atoms with E-state index in [4.69, 9.17) is 8.92 Å². The molecule has 0 amide bonds. The van der Waals surface area contributed by atoms with Gasteiger partial charge in [0.25, 0.3) is 10.1 Å². The lowest BCUT2D eigenvalue weighted by molar-refractivity contribution is -0.160. The summed E-state index contributed by atoms with van der Waals surface area (Å²) in [5.74, 6) is 0. The summed E-state index contributed by atoms with van der Waals surface area (Å²) >= 11 is 0. The van der Waals surface area contributed by atoms with Crippen molar-refractivity contribution in [1.29, 1.82) is 0 Å². The van der Waals surface area contributed by atoms with Gasteiger partial charge in [0.05, 0.1) is 18.5 Å². The van der Waals surface area contributed by atoms with Crippen LogP contribution in [0.1, 0.15) is 27.2 Å². The van der Waals surface area contributed by atoms with Gasteiger partial charge in [-0.05, 0) is 6.92 Å². The molecule has 0 aliphatic heterocycles. The van der Waals surface area contributed by atoms with Crippen molar-refractivity contribution < 1.29 is 17.3 Å². The minimum absolute atomic E-state index is 0.110. The maximum atomic E-state index is 10.9. The summed E-state index contributed by atoms with van der Waals surface area (Å²) < 4.78 is 32.3. The lowest BCUT2D eigenvalue weighted by Gasteiger charge is -2.50. The van der Waals surface area contributed by atoms with Gasteiger partial charge in [-0.25, -0.2) is 0 Å². The lowest BCUT2D eigenvalue weighted by Crippen LogP contribution is -2.56. The predicted molar refractivity (Wildman–Crippen MR) is 53.5 cm³/mol. The highest BCUT2D eigenvalue weighted by atomic mass is 32.2. The van der Waals surface area contributed by atoms with Crippen molar-refractivity contribution >= 4 is 10.1 Å². The van der Waals surface area contributed by atoms with Gasteiger partial charge in [-0.1, -0.05) is 13.8 Å². The second kappa shape index (κ2) is 3.79. The fraction of sp³-hybridized carbons (Fsp3) is 1.00. The molecule has 0 aromatic rings. The predicted octanol–water partition coefficient (Wildman–Crippen LogP) is 1.17. The van der Waals surface area contributed by atoms with Crippen LogP contribution in [0.5, 0.6) is 0 Å². The Kier molecular flexibility index (Phi) is 3.23. The first-order valence-electron chi connectivity index (χ1n) is 4.77. The van der Waals surface area contributed by atoms with Gasteiger partial charge in [0.1, 0.15) is 0 Å². The summed E-state index contributed by atoms with van der Waals surface area (Å²) in [7, 11) is -3.35. The highest BCUT2D eigenvalue weighted by Gasteiger charge is 2.51. The molecule has 1 aliphatic carbocycles. The Morgan fingerprint density at radius 2 is 1.93 bits per heavy atom. The molecule has 4 nitrogen and oxygen atoms in total. The Balaban J connectivity index is 2.55. The first kappa shape index (κ1) is 11.9. The van der Waals surface area contributed by atoms with Crippen LogP contribution >= 0.6 is 0 Å². The van der Waals surface area contributed by atoms with Gasteiger partial charge in [-0.3, -0.25) is 4.18 Å². The van der Waals surface area contributed by atoms with E-state index in [1.54, 1.807) is 0 Å². The molecule has 0 saturated heterocycles. The van der Waals surface area contributed by atoms with Crippen LogP contribution in [-0.2, 0) is 19.0 Å². The molecule has 0 radical (unpaired) electrons. The molecule has 0 heterocycles. The zero-order chi connectivity index (χ0) is 11.0. The van der Waals surface area contributed by atoms with E-state index >= 15 is 0 Å². The van der Waals surface area contributed by atoms with Gasteiger partial charge in [-0.15, -0.1) is 0 Å². The van der Waals surface area contributed by atoms with E-state index in [9.17, 15) is 8.42 Å². The maximum absolute atomic E-state index is 10.9. The van der Waals surface area contributed by atoms with Crippen LogP contribution in [0.3, 0.4) is 0 Å². The van der Waals surface area contributed by atoms with Crippen molar-refractivity contribution in [3.8, 4) is 0 Å². The molecule has 0 N–H and O–H groups in total. The van der Waals surface area contributed by atoms with Crippen molar-refractivity contribution in [2.24, 2.45) is 5.41 Å². The van der Waals surface area contributed by atoms with E-state index in [0.29, 0.717) is 13.0 Å². The normalized spacial score (nSPS) is 31.1. The van der Waals surface area contributed by atoms with E-state index in [-0.39, 0.29) is 17.6 Å². The fourth-order valence-electron chi connectivity index (χ4n) is 1.71. The Morgan fingerprint density at radius 1 is 1.36 bits per heavy atom. The topological polar surface area (TPSA) is 52.6 Å². The molecule has 1 rings (SSSR count). The molecule has 0 unspecified atom stereocenters. The Morgan fingerprint density at radius 3 is 2.29 bits per heavy atom.